The summed E-state index contributed by atoms with van der Waals surface area (Å²) in [5, 5.41) is 34.9. The van der Waals surface area contributed by atoms with Crippen LogP contribution in [-0.4, -0.2) is 57.1 Å². The third-order valence-corrected chi connectivity index (χ3v) is 2.87. The molecule has 1 aromatic rings. The van der Waals surface area contributed by atoms with Crippen LogP contribution in [0.2, 0.25) is 0 Å². The molecule has 2 rings (SSSR count). The molecule has 8 heteroatoms. The Bertz CT molecular complexity index is 477. The highest BCUT2D eigenvalue weighted by atomic mass is 16.6. The van der Waals surface area contributed by atoms with E-state index in [1.165, 1.54) is 12.3 Å². The van der Waals surface area contributed by atoms with E-state index in [2.05, 4.69) is 10.4 Å². The second-order valence-corrected chi connectivity index (χ2v) is 4.01. The second-order valence-electron chi connectivity index (χ2n) is 4.01. The number of aliphatic hydroxyl groups excluding tert-OH is 3. The molecule has 4 unspecified atom stereocenters. The van der Waals surface area contributed by atoms with Crippen molar-refractivity contribution < 1.29 is 20.1 Å². The number of anilines is 1. The largest absolute Gasteiger partial charge is 0.394 e. The number of hydrogen-bond acceptors (Lipinski definition) is 7. The molecule has 1 saturated heterocycles. The van der Waals surface area contributed by atoms with E-state index in [0.29, 0.717) is 5.69 Å². The van der Waals surface area contributed by atoms with Crippen molar-refractivity contribution in [3.8, 4) is 0 Å². The fourth-order valence-corrected chi connectivity index (χ4v) is 1.83. The van der Waals surface area contributed by atoms with E-state index in [4.69, 9.17) is 9.84 Å². The summed E-state index contributed by atoms with van der Waals surface area (Å²) in [6.45, 7) is -0.446. The van der Waals surface area contributed by atoms with Crippen molar-refractivity contribution in [2.24, 2.45) is 0 Å². The van der Waals surface area contributed by atoms with Crippen molar-refractivity contribution in [2.45, 2.75) is 24.5 Å². The predicted molar refractivity (Wildman–Crippen MR) is 61.1 cm³/mol. The maximum Gasteiger partial charge on any atom is 0.271 e. The molecule has 0 amide bonds. The van der Waals surface area contributed by atoms with Crippen molar-refractivity contribution in [3.05, 3.63) is 22.6 Å². The zero-order valence-corrected chi connectivity index (χ0v) is 9.72. The molecule has 0 radical (unpaired) electrons. The van der Waals surface area contributed by atoms with E-state index < -0.39 is 36.7 Å². The van der Waals surface area contributed by atoms with Gasteiger partial charge in [-0.05, 0) is 0 Å². The van der Waals surface area contributed by atoms with Crippen LogP contribution in [0.3, 0.4) is 0 Å². The van der Waals surface area contributed by atoms with E-state index in [1.807, 2.05) is 0 Å². The summed E-state index contributed by atoms with van der Waals surface area (Å²) in [5.41, 5.74) is 0.0553. The third-order valence-electron chi connectivity index (χ3n) is 2.87. The summed E-state index contributed by atoms with van der Waals surface area (Å²) in [7, 11) is 1.65. The summed E-state index contributed by atoms with van der Waals surface area (Å²) in [6, 6.07) is 1.29. The van der Waals surface area contributed by atoms with Crippen LogP contribution in [-0.2, 0) is 4.74 Å². The fourth-order valence-electron chi connectivity index (χ4n) is 1.83. The SMILES string of the molecule is CNc1cnn(C2OC(CO)C(O)C2O)c(=O)c1. The van der Waals surface area contributed by atoms with Crippen molar-refractivity contribution in [3.63, 3.8) is 0 Å². The Labute approximate surface area is 102 Å². The second kappa shape index (κ2) is 5.02. The number of nitrogens with zero attached hydrogens (tertiary/aromatic N) is 2. The van der Waals surface area contributed by atoms with Crippen LogP contribution in [0.15, 0.2) is 17.1 Å². The van der Waals surface area contributed by atoms with Crippen LogP contribution in [0.5, 0.6) is 0 Å². The van der Waals surface area contributed by atoms with Gasteiger partial charge in [-0.2, -0.15) is 9.78 Å². The standard InChI is InChI=1S/C10H15N3O5/c1-11-5-2-7(15)13(12-3-5)10-9(17)8(16)6(4-14)18-10/h2-3,6,8-11,14,16-17H,4H2,1H3. The summed E-state index contributed by atoms with van der Waals surface area (Å²) in [6.07, 6.45) is -3.19. The van der Waals surface area contributed by atoms with Crippen LogP contribution in [0, 0.1) is 0 Å². The van der Waals surface area contributed by atoms with Crippen LogP contribution < -0.4 is 10.9 Å². The van der Waals surface area contributed by atoms with Gasteiger partial charge in [-0.25, -0.2) is 0 Å². The van der Waals surface area contributed by atoms with Gasteiger partial charge in [0.05, 0.1) is 18.5 Å². The van der Waals surface area contributed by atoms with E-state index >= 15 is 0 Å². The molecule has 0 bridgehead atoms. The Morgan fingerprint density at radius 2 is 2.22 bits per heavy atom. The highest BCUT2D eigenvalue weighted by Gasteiger charge is 2.44. The van der Waals surface area contributed by atoms with Crippen molar-refractivity contribution in [1.82, 2.24) is 9.78 Å². The maximum atomic E-state index is 11.8. The van der Waals surface area contributed by atoms with E-state index in [9.17, 15) is 15.0 Å². The van der Waals surface area contributed by atoms with Crippen LogP contribution in [0.25, 0.3) is 0 Å². The first kappa shape index (κ1) is 13.0. The molecular formula is C10H15N3O5. The number of aromatic nitrogens is 2. The van der Waals surface area contributed by atoms with Gasteiger partial charge in [0.15, 0.2) is 6.23 Å². The number of rotatable bonds is 3. The van der Waals surface area contributed by atoms with Gasteiger partial charge in [-0.3, -0.25) is 4.79 Å². The van der Waals surface area contributed by atoms with Crippen LogP contribution >= 0.6 is 0 Å². The van der Waals surface area contributed by atoms with Gasteiger partial charge in [0, 0.05) is 13.1 Å². The summed E-state index contributed by atoms with van der Waals surface area (Å²) in [4.78, 5) is 11.8. The molecule has 1 fully saturated rings. The molecular weight excluding hydrogens is 242 g/mol. The van der Waals surface area contributed by atoms with Gasteiger partial charge < -0.3 is 25.4 Å². The van der Waals surface area contributed by atoms with Gasteiger partial charge in [0.2, 0.25) is 0 Å². The lowest BCUT2D eigenvalue weighted by molar-refractivity contribution is -0.0609. The maximum absolute atomic E-state index is 11.8. The lowest BCUT2D eigenvalue weighted by Gasteiger charge is -2.16. The number of nitrogens with one attached hydrogen (secondary N) is 1. The highest BCUT2D eigenvalue weighted by molar-refractivity contribution is 5.37. The molecule has 0 aromatic carbocycles. The number of hydrogen-bond donors (Lipinski definition) is 4. The van der Waals surface area contributed by atoms with E-state index in [1.54, 1.807) is 7.05 Å². The molecule has 4 atom stereocenters. The monoisotopic (exact) mass is 257 g/mol. The van der Waals surface area contributed by atoms with Crippen LogP contribution in [0.4, 0.5) is 5.69 Å². The fraction of sp³-hybridized carbons (Fsp3) is 0.600. The molecule has 2 heterocycles. The molecule has 1 aromatic heterocycles. The summed E-state index contributed by atoms with van der Waals surface area (Å²) < 4.78 is 6.14. The zero-order valence-electron chi connectivity index (χ0n) is 9.72. The lowest BCUT2D eigenvalue weighted by Crippen LogP contribution is -2.36. The molecule has 100 valence electrons. The average molecular weight is 257 g/mol. The van der Waals surface area contributed by atoms with Gasteiger partial charge >= 0.3 is 0 Å². The smallest absolute Gasteiger partial charge is 0.271 e. The van der Waals surface area contributed by atoms with Gasteiger partial charge in [-0.15, -0.1) is 0 Å². The Hall–Kier alpha value is -1.48. The normalized spacial score (nSPS) is 31.6. The highest BCUT2D eigenvalue weighted by Crippen LogP contribution is 2.27. The Morgan fingerprint density at radius 1 is 1.50 bits per heavy atom. The third kappa shape index (κ3) is 2.10. The van der Waals surface area contributed by atoms with Gasteiger partial charge in [0.25, 0.3) is 5.56 Å². The molecule has 1 aliphatic heterocycles. The van der Waals surface area contributed by atoms with Gasteiger partial charge in [0.1, 0.15) is 18.3 Å². The minimum atomic E-state index is -1.31. The molecule has 4 N–H and O–H groups in total. The van der Waals surface area contributed by atoms with Crippen molar-refractivity contribution in [1.29, 1.82) is 0 Å². The Kier molecular flexibility index (Phi) is 3.62. The first-order valence-electron chi connectivity index (χ1n) is 5.47. The predicted octanol–water partition coefficient (Wildman–Crippen LogP) is -2.10. The van der Waals surface area contributed by atoms with E-state index in [-0.39, 0.29) is 0 Å². The molecule has 0 aliphatic carbocycles. The van der Waals surface area contributed by atoms with Crippen LogP contribution in [0.1, 0.15) is 6.23 Å². The van der Waals surface area contributed by atoms with E-state index in [0.717, 1.165) is 4.68 Å². The quantitative estimate of drug-likeness (QED) is 0.490. The summed E-state index contributed by atoms with van der Waals surface area (Å²) in [5.74, 6) is 0. The molecule has 0 spiro atoms. The summed E-state index contributed by atoms with van der Waals surface area (Å²) >= 11 is 0. The Balaban J connectivity index is 2.30. The van der Waals surface area contributed by atoms with Gasteiger partial charge in [-0.1, -0.05) is 0 Å². The number of aliphatic hydroxyl groups is 3. The van der Waals surface area contributed by atoms with Crippen molar-refractivity contribution in [2.75, 3.05) is 19.0 Å². The molecule has 0 saturated carbocycles. The Morgan fingerprint density at radius 3 is 2.72 bits per heavy atom. The number of ether oxygens (including phenoxy) is 1. The van der Waals surface area contributed by atoms with Crippen molar-refractivity contribution >= 4 is 5.69 Å². The minimum absolute atomic E-state index is 0.446. The molecule has 8 nitrogen and oxygen atoms in total. The molecule has 18 heavy (non-hydrogen) atoms. The molecule has 1 aliphatic rings. The average Bonchev–Trinajstić information content (AvgIpc) is 2.66. The minimum Gasteiger partial charge on any atom is -0.394 e. The topological polar surface area (TPSA) is 117 Å². The lowest BCUT2D eigenvalue weighted by atomic mass is 10.1. The first-order valence-corrected chi connectivity index (χ1v) is 5.47. The first-order chi connectivity index (χ1) is 8.58. The zero-order chi connectivity index (χ0) is 13.3.